The number of rotatable bonds is 0. The lowest BCUT2D eigenvalue weighted by Gasteiger charge is -2.41. The van der Waals surface area contributed by atoms with Crippen LogP contribution >= 0.6 is 0 Å². The van der Waals surface area contributed by atoms with Gasteiger partial charge in [-0.05, 0) is 31.6 Å². The summed E-state index contributed by atoms with van der Waals surface area (Å²) in [6.45, 7) is 3.99. The number of hydrogen-bond donors (Lipinski definition) is 1. The molecule has 1 heteroatoms. The zero-order valence-electron chi connectivity index (χ0n) is 6.21. The van der Waals surface area contributed by atoms with Gasteiger partial charge < -0.3 is 5.11 Å². The highest BCUT2D eigenvalue weighted by atomic mass is 16.3. The highest BCUT2D eigenvalue weighted by Crippen LogP contribution is 2.43. The van der Waals surface area contributed by atoms with Gasteiger partial charge in [-0.3, -0.25) is 0 Å². The molecule has 1 nitrogen and oxygen atoms in total. The van der Waals surface area contributed by atoms with Crippen molar-refractivity contribution in [3.05, 3.63) is 12.2 Å². The molecule has 2 unspecified atom stereocenters. The van der Waals surface area contributed by atoms with Crippen molar-refractivity contribution in [3.8, 4) is 0 Å². The van der Waals surface area contributed by atoms with Crippen LogP contribution in [-0.4, -0.2) is 11.2 Å². The quantitative estimate of drug-likeness (QED) is 0.505. The van der Waals surface area contributed by atoms with Crippen molar-refractivity contribution in [1.82, 2.24) is 0 Å². The second-order valence-corrected chi connectivity index (χ2v) is 3.72. The van der Waals surface area contributed by atoms with Gasteiger partial charge in [0.15, 0.2) is 0 Å². The van der Waals surface area contributed by atoms with Gasteiger partial charge in [-0.2, -0.15) is 0 Å². The molecule has 3 rings (SSSR count). The van der Waals surface area contributed by atoms with Crippen molar-refractivity contribution >= 4 is 0 Å². The summed E-state index contributed by atoms with van der Waals surface area (Å²) in [5, 5.41) is 9.51. The molecule has 0 aromatic heterocycles. The maximum atomic E-state index is 9.51. The van der Waals surface area contributed by atoms with Gasteiger partial charge in [0.05, 0.1) is 6.10 Å². The minimum Gasteiger partial charge on any atom is -0.392 e. The van der Waals surface area contributed by atoms with Crippen LogP contribution in [0.4, 0.5) is 0 Å². The van der Waals surface area contributed by atoms with Crippen molar-refractivity contribution in [2.45, 2.75) is 31.8 Å². The topological polar surface area (TPSA) is 20.2 Å². The molecular formula is C9H14O. The van der Waals surface area contributed by atoms with Crippen LogP contribution in [0.1, 0.15) is 25.7 Å². The molecule has 0 saturated heterocycles. The third-order valence-corrected chi connectivity index (χ3v) is 3.00. The standard InChI is InChI=1S/C9H14O/c1-6-4-7-2-3-8(6)9(10)5-7/h7-10H,1-5H2/t7-,8?,9?/m1/s1. The predicted octanol–water partition coefficient (Wildman–Crippen LogP) is 1.72. The van der Waals surface area contributed by atoms with Gasteiger partial charge in [-0.25, -0.2) is 0 Å². The molecule has 0 aliphatic heterocycles. The Labute approximate surface area is 61.8 Å². The maximum absolute atomic E-state index is 9.51. The Hall–Kier alpha value is -0.300. The first-order valence-electron chi connectivity index (χ1n) is 4.13. The molecular weight excluding hydrogens is 124 g/mol. The highest BCUT2D eigenvalue weighted by molar-refractivity contribution is 5.12. The average molecular weight is 138 g/mol. The van der Waals surface area contributed by atoms with Crippen molar-refractivity contribution < 1.29 is 5.11 Å². The highest BCUT2D eigenvalue weighted by Gasteiger charge is 2.36. The normalized spacial score (nSPS) is 46.1. The summed E-state index contributed by atoms with van der Waals surface area (Å²) in [7, 11) is 0. The minimum atomic E-state index is -0.0556. The number of hydrogen-bond acceptors (Lipinski definition) is 1. The van der Waals surface area contributed by atoms with E-state index in [1.807, 2.05) is 0 Å². The Morgan fingerprint density at radius 2 is 2.20 bits per heavy atom. The van der Waals surface area contributed by atoms with Gasteiger partial charge in [-0.15, -0.1) is 0 Å². The summed E-state index contributed by atoms with van der Waals surface area (Å²) in [6.07, 6.45) is 4.66. The summed E-state index contributed by atoms with van der Waals surface area (Å²) in [4.78, 5) is 0. The van der Waals surface area contributed by atoms with Crippen molar-refractivity contribution in [1.29, 1.82) is 0 Å². The molecule has 0 aromatic carbocycles. The van der Waals surface area contributed by atoms with Crippen LogP contribution in [0.15, 0.2) is 12.2 Å². The van der Waals surface area contributed by atoms with Crippen molar-refractivity contribution in [2.75, 3.05) is 0 Å². The molecule has 3 atom stereocenters. The zero-order valence-corrected chi connectivity index (χ0v) is 6.21. The molecule has 1 N–H and O–H groups in total. The Kier molecular flexibility index (Phi) is 1.34. The summed E-state index contributed by atoms with van der Waals surface area (Å²) >= 11 is 0. The monoisotopic (exact) mass is 138 g/mol. The zero-order chi connectivity index (χ0) is 7.14. The van der Waals surface area contributed by atoms with E-state index in [2.05, 4.69) is 6.58 Å². The van der Waals surface area contributed by atoms with E-state index in [0.717, 1.165) is 12.3 Å². The van der Waals surface area contributed by atoms with Crippen LogP contribution in [0, 0.1) is 11.8 Å². The summed E-state index contributed by atoms with van der Waals surface area (Å²) in [6, 6.07) is 0. The summed E-state index contributed by atoms with van der Waals surface area (Å²) in [5.41, 5.74) is 1.30. The van der Waals surface area contributed by atoms with Gasteiger partial charge in [0.2, 0.25) is 0 Å². The molecule has 56 valence electrons. The summed E-state index contributed by atoms with van der Waals surface area (Å²) in [5.74, 6) is 1.21. The molecule has 0 heterocycles. The molecule has 3 saturated carbocycles. The fourth-order valence-electron chi connectivity index (χ4n) is 2.42. The Bertz CT molecular complexity index is 162. The summed E-state index contributed by atoms with van der Waals surface area (Å²) < 4.78 is 0. The van der Waals surface area contributed by atoms with E-state index in [0.29, 0.717) is 5.92 Å². The lowest BCUT2D eigenvalue weighted by molar-refractivity contribution is 0.0352. The van der Waals surface area contributed by atoms with Gasteiger partial charge in [0, 0.05) is 5.92 Å². The van der Waals surface area contributed by atoms with Crippen molar-refractivity contribution in [3.63, 3.8) is 0 Å². The van der Waals surface area contributed by atoms with E-state index in [9.17, 15) is 5.11 Å². The lowest BCUT2D eigenvalue weighted by atomic mass is 9.67. The second-order valence-electron chi connectivity index (χ2n) is 3.72. The van der Waals surface area contributed by atoms with E-state index < -0.39 is 0 Å². The molecule has 0 amide bonds. The molecule has 3 fully saturated rings. The lowest BCUT2D eigenvalue weighted by Crippen LogP contribution is -2.36. The van der Waals surface area contributed by atoms with Crippen LogP contribution in [0.3, 0.4) is 0 Å². The molecule has 2 bridgehead atoms. The van der Waals surface area contributed by atoms with Gasteiger partial charge >= 0.3 is 0 Å². The Balaban J connectivity index is 2.18. The van der Waals surface area contributed by atoms with Crippen LogP contribution < -0.4 is 0 Å². The van der Waals surface area contributed by atoms with Crippen LogP contribution in [0.25, 0.3) is 0 Å². The van der Waals surface area contributed by atoms with E-state index in [-0.39, 0.29) is 6.10 Å². The van der Waals surface area contributed by atoms with E-state index in [1.54, 1.807) is 0 Å². The molecule has 0 aromatic rings. The molecule has 0 spiro atoms. The molecule has 3 aliphatic rings. The first-order valence-corrected chi connectivity index (χ1v) is 4.13. The largest absolute Gasteiger partial charge is 0.392 e. The fourth-order valence-corrected chi connectivity index (χ4v) is 2.42. The second kappa shape index (κ2) is 2.09. The SMILES string of the molecule is C=C1C[C@H]2CCC1C(O)C2. The first kappa shape index (κ1) is 6.41. The molecule has 0 radical (unpaired) electrons. The van der Waals surface area contributed by atoms with Gasteiger partial charge in [0.1, 0.15) is 0 Å². The number of aliphatic hydroxyl groups is 1. The smallest absolute Gasteiger partial charge is 0.0608 e. The third kappa shape index (κ3) is 0.807. The van der Waals surface area contributed by atoms with Crippen LogP contribution in [0.5, 0.6) is 0 Å². The predicted molar refractivity (Wildman–Crippen MR) is 40.6 cm³/mol. The van der Waals surface area contributed by atoms with Gasteiger partial charge in [0.25, 0.3) is 0 Å². The number of aliphatic hydroxyl groups excluding tert-OH is 1. The first-order chi connectivity index (χ1) is 4.77. The Morgan fingerprint density at radius 1 is 1.40 bits per heavy atom. The minimum absolute atomic E-state index is 0.0556. The van der Waals surface area contributed by atoms with E-state index >= 15 is 0 Å². The Morgan fingerprint density at radius 3 is 2.60 bits per heavy atom. The molecule has 3 aliphatic carbocycles. The van der Waals surface area contributed by atoms with Crippen LogP contribution in [-0.2, 0) is 0 Å². The van der Waals surface area contributed by atoms with Crippen molar-refractivity contribution in [2.24, 2.45) is 11.8 Å². The van der Waals surface area contributed by atoms with Gasteiger partial charge in [-0.1, -0.05) is 12.2 Å². The third-order valence-electron chi connectivity index (χ3n) is 3.00. The fraction of sp³-hybridized carbons (Fsp3) is 0.778. The van der Waals surface area contributed by atoms with Crippen LogP contribution in [0.2, 0.25) is 0 Å². The average Bonchev–Trinajstić information content (AvgIpc) is 1.86. The van der Waals surface area contributed by atoms with E-state index in [4.69, 9.17) is 0 Å². The van der Waals surface area contributed by atoms with E-state index in [1.165, 1.54) is 24.8 Å². The maximum Gasteiger partial charge on any atom is 0.0608 e. The molecule has 10 heavy (non-hydrogen) atoms. The number of fused-ring (bicyclic) bond motifs is 3.